The van der Waals surface area contributed by atoms with Crippen LogP contribution in [0.15, 0.2) is 36.5 Å². The molecular formula is C16H15FN4. The molecule has 0 atom stereocenters. The molecule has 0 saturated carbocycles. The van der Waals surface area contributed by atoms with Gasteiger partial charge in [0.2, 0.25) is 0 Å². The minimum atomic E-state index is -0.233. The van der Waals surface area contributed by atoms with Crippen molar-refractivity contribution in [2.24, 2.45) is 0 Å². The first-order valence-electron chi connectivity index (χ1n) is 7.03. The summed E-state index contributed by atoms with van der Waals surface area (Å²) in [6, 6.07) is 8.33. The first-order chi connectivity index (χ1) is 10.3. The van der Waals surface area contributed by atoms with E-state index in [4.69, 9.17) is 0 Å². The van der Waals surface area contributed by atoms with Crippen molar-refractivity contribution in [3.63, 3.8) is 0 Å². The maximum atomic E-state index is 13.0. The molecule has 4 rings (SSSR count). The Morgan fingerprint density at radius 3 is 2.86 bits per heavy atom. The molecule has 0 bridgehead atoms. The SMILES string of the molecule is Fc1ccc(Nc2ccnc3[nH]c4c(c23)CNCC4)cc1. The lowest BCUT2D eigenvalue weighted by Gasteiger charge is -2.14. The van der Waals surface area contributed by atoms with Gasteiger partial charge in [0.25, 0.3) is 0 Å². The Hall–Kier alpha value is -2.40. The molecule has 0 amide bonds. The van der Waals surface area contributed by atoms with Crippen LogP contribution in [-0.2, 0) is 13.0 Å². The lowest BCUT2D eigenvalue weighted by molar-refractivity contribution is 0.628. The average Bonchev–Trinajstić information content (AvgIpc) is 2.89. The van der Waals surface area contributed by atoms with Gasteiger partial charge < -0.3 is 15.6 Å². The number of benzene rings is 1. The van der Waals surface area contributed by atoms with Gasteiger partial charge in [-0.2, -0.15) is 0 Å². The van der Waals surface area contributed by atoms with Crippen molar-refractivity contribution in [2.45, 2.75) is 13.0 Å². The molecule has 0 spiro atoms. The number of anilines is 2. The van der Waals surface area contributed by atoms with Crippen LogP contribution in [0.4, 0.5) is 15.8 Å². The van der Waals surface area contributed by atoms with Crippen molar-refractivity contribution in [3.8, 4) is 0 Å². The Bertz CT molecular complexity index is 792. The quantitative estimate of drug-likeness (QED) is 0.677. The van der Waals surface area contributed by atoms with Crippen LogP contribution in [0.3, 0.4) is 0 Å². The topological polar surface area (TPSA) is 52.7 Å². The van der Waals surface area contributed by atoms with Crippen LogP contribution in [0.25, 0.3) is 11.0 Å². The van der Waals surface area contributed by atoms with Crippen LogP contribution in [0.2, 0.25) is 0 Å². The van der Waals surface area contributed by atoms with Crippen LogP contribution < -0.4 is 10.6 Å². The highest BCUT2D eigenvalue weighted by Gasteiger charge is 2.18. The summed E-state index contributed by atoms with van der Waals surface area (Å²) in [6.07, 6.45) is 2.77. The fourth-order valence-electron chi connectivity index (χ4n) is 2.86. The zero-order valence-electron chi connectivity index (χ0n) is 11.4. The molecule has 5 heteroatoms. The maximum absolute atomic E-state index is 13.0. The second-order valence-corrected chi connectivity index (χ2v) is 5.22. The molecule has 3 aromatic rings. The lowest BCUT2D eigenvalue weighted by Crippen LogP contribution is -2.23. The third-order valence-corrected chi connectivity index (χ3v) is 3.86. The molecule has 3 N–H and O–H groups in total. The fourth-order valence-corrected chi connectivity index (χ4v) is 2.86. The molecule has 21 heavy (non-hydrogen) atoms. The van der Waals surface area contributed by atoms with Gasteiger partial charge in [-0.05, 0) is 35.9 Å². The number of nitrogens with zero attached hydrogens (tertiary/aromatic N) is 1. The number of fused-ring (bicyclic) bond motifs is 3. The number of aromatic amines is 1. The summed E-state index contributed by atoms with van der Waals surface area (Å²) in [4.78, 5) is 7.82. The predicted molar refractivity (Wildman–Crippen MR) is 81.2 cm³/mol. The highest BCUT2D eigenvalue weighted by Crippen LogP contribution is 2.31. The molecule has 1 aliphatic rings. The molecule has 2 aromatic heterocycles. The molecule has 0 aliphatic carbocycles. The Morgan fingerprint density at radius 2 is 2.00 bits per heavy atom. The van der Waals surface area contributed by atoms with E-state index in [9.17, 15) is 4.39 Å². The molecule has 1 aromatic carbocycles. The number of hydrogen-bond donors (Lipinski definition) is 3. The van der Waals surface area contributed by atoms with E-state index in [0.717, 1.165) is 41.9 Å². The van der Waals surface area contributed by atoms with E-state index >= 15 is 0 Å². The Labute approximate surface area is 121 Å². The van der Waals surface area contributed by atoms with E-state index < -0.39 is 0 Å². The molecular weight excluding hydrogens is 267 g/mol. The third-order valence-electron chi connectivity index (χ3n) is 3.86. The number of rotatable bonds is 2. The molecule has 3 heterocycles. The standard InChI is InChI=1S/C16H15FN4/c17-10-1-3-11(4-2-10)20-14-6-8-19-16-15(14)12-9-18-7-5-13(12)21-16/h1-4,6,8,18H,5,7,9H2,(H2,19,20,21). The van der Waals surface area contributed by atoms with Gasteiger partial charge in [-0.15, -0.1) is 0 Å². The second-order valence-electron chi connectivity index (χ2n) is 5.22. The summed E-state index contributed by atoms with van der Waals surface area (Å²) in [6.45, 7) is 1.83. The Morgan fingerprint density at radius 1 is 1.14 bits per heavy atom. The number of nitrogens with one attached hydrogen (secondary N) is 3. The van der Waals surface area contributed by atoms with Gasteiger partial charge in [-0.3, -0.25) is 0 Å². The number of halogens is 1. The highest BCUT2D eigenvalue weighted by molar-refractivity contribution is 5.95. The van der Waals surface area contributed by atoms with Gasteiger partial charge in [-0.1, -0.05) is 0 Å². The van der Waals surface area contributed by atoms with Gasteiger partial charge in [0.15, 0.2) is 0 Å². The number of aromatic nitrogens is 2. The van der Waals surface area contributed by atoms with Crippen molar-refractivity contribution < 1.29 is 4.39 Å². The van der Waals surface area contributed by atoms with Crippen LogP contribution in [-0.4, -0.2) is 16.5 Å². The van der Waals surface area contributed by atoms with Crippen molar-refractivity contribution in [1.82, 2.24) is 15.3 Å². The lowest BCUT2D eigenvalue weighted by atomic mass is 10.1. The molecule has 0 radical (unpaired) electrons. The summed E-state index contributed by atoms with van der Waals surface area (Å²) < 4.78 is 13.0. The van der Waals surface area contributed by atoms with Crippen LogP contribution in [0, 0.1) is 5.82 Å². The maximum Gasteiger partial charge on any atom is 0.139 e. The summed E-state index contributed by atoms with van der Waals surface area (Å²) in [5.74, 6) is -0.233. The van der Waals surface area contributed by atoms with Crippen LogP contribution in [0.5, 0.6) is 0 Å². The van der Waals surface area contributed by atoms with E-state index in [0.29, 0.717) is 0 Å². The van der Waals surface area contributed by atoms with Gasteiger partial charge >= 0.3 is 0 Å². The zero-order chi connectivity index (χ0) is 14.2. The van der Waals surface area contributed by atoms with E-state index in [-0.39, 0.29) is 5.82 Å². The van der Waals surface area contributed by atoms with Crippen molar-refractivity contribution in [3.05, 3.63) is 53.6 Å². The number of pyridine rings is 1. The molecule has 0 unspecified atom stereocenters. The van der Waals surface area contributed by atoms with Crippen LogP contribution >= 0.6 is 0 Å². The minimum absolute atomic E-state index is 0.233. The summed E-state index contributed by atoms with van der Waals surface area (Å²) >= 11 is 0. The van der Waals surface area contributed by atoms with E-state index in [2.05, 4.69) is 20.6 Å². The summed E-state index contributed by atoms with van der Waals surface area (Å²) in [5.41, 5.74) is 5.28. The number of hydrogen-bond acceptors (Lipinski definition) is 3. The van der Waals surface area contributed by atoms with E-state index in [1.165, 1.54) is 23.4 Å². The third kappa shape index (κ3) is 2.15. The van der Waals surface area contributed by atoms with Crippen LogP contribution in [0.1, 0.15) is 11.3 Å². The Kier molecular flexibility index (Phi) is 2.86. The molecule has 4 nitrogen and oxygen atoms in total. The Balaban J connectivity index is 1.81. The number of H-pyrrole nitrogens is 1. The summed E-state index contributed by atoms with van der Waals surface area (Å²) in [7, 11) is 0. The van der Waals surface area contributed by atoms with Gasteiger partial charge in [0.1, 0.15) is 11.5 Å². The fraction of sp³-hybridized carbons (Fsp3) is 0.188. The van der Waals surface area contributed by atoms with Gasteiger partial charge in [-0.25, -0.2) is 9.37 Å². The normalized spacial score (nSPS) is 14.1. The monoisotopic (exact) mass is 282 g/mol. The minimum Gasteiger partial charge on any atom is -0.355 e. The largest absolute Gasteiger partial charge is 0.355 e. The average molecular weight is 282 g/mol. The summed E-state index contributed by atoms with van der Waals surface area (Å²) in [5, 5.41) is 7.86. The molecule has 0 fully saturated rings. The molecule has 0 saturated heterocycles. The first-order valence-corrected chi connectivity index (χ1v) is 7.03. The van der Waals surface area contributed by atoms with Gasteiger partial charge in [0.05, 0.1) is 5.69 Å². The zero-order valence-corrected chi connectivity index (χ0v) is 11.4. The molecule has 1 aliphatic heterocycles. The first kappa shape index (κ1) is 12.3. The van der Waals surface area contributed by atoms with E-state index in [1.807, 2.05) is 6.07 Å². The van der Waals surface area contributed by atoms with Gasteiger partial charge in [0, 0.05) is 42.5 Å². The van der Waals surface area contributed by atoms with Crippen molar-refractivity contribution >= 4 is 22.4 Å². The highest BCUT2D eigenvalue weighted by atomic mass is 19.1. The smallest absolute Gasteiger partial charge is 0.139 e. The molecule has 106 valence electrons. The second kappa shape index (κ2) is 4.86. The van der Waals surface area contributed by atoms with Crippen molar-refractivity contribution in [2.75, 3.05) is 11.9 Å². The van der Waals surface area contributed by atoms with E-state index in [1.54, 1.807) is 18.3 Å². The predicted octanol–water partition coefficient (Wildman–Crippen LogP) is 3.09. The van der Waals surface area contributed by atoms with Crippen molar-refractivity contribution in [1.29, 1.82) is 0 Å².